The lowest BCUT2D eigenvalue weighted by molar-refractivity contribution is -0.129. The first-order valence-corrected chi connectivity index (χ1v) is 10.7. The van der Waals surface area contributed by atoms with Gasteiger partial charge >= 0.3 is 0 Å². The van der Waals surface area contributed by atoms with E-state index in [1.165, 1.54) is 22.3 Å². The van der Waals surface area contributed by atoms with Crippen molar-refractivity contribution in [2.24, 2.45) is 0 Å². The normalized spacial score (nSPS) is 16.9. The predicted molar refractivity (Wildman–Crippen MR) is 112 cm³/mol. The van der Waals surface area contributed by atoms with Gasteiger partial charge in [-0.25, -0.2) is 4.39 Å². The van der Waals surface area contributed by atoms with Crippen molar-refractivity contribution in [3.05, 3.63) is 69.4 Å². The highest BCUT2D eigenvalue weighted by atomic mass is 32.1. The number of carbonyl (C=O) groups excluding carboxylic acids is 2. The van der Waals surface area contributed by atoms with Crippen LogP contribution in [0.1, 0.15) is 41.5 Å². The molecule has 0 bridgehead atoms. The van der Waals surface area contributed by atoms with Gasteiger partial charge in [0.05, 0.1) is 16.5 Å². The third-order valence-electron chi connectivity index (χ3n) is 5.26. The Kier molecular flexibility index (Phi) is 6.82. The number of aliphatic hydroxyl groups is 1. The van der Waals surface area contributed by atoms with Crippen LogP contribution in [-0.2, 0) is 4.79 Å². The number of thiophene rings is 1. The summed E-state index contributed by atoms with van der Waals surface area (Å²) in [5, 5.41) is 12.3. The molecule has 2 aromatic rings. The van der Waals surface area contributed by atoms with Crippen molar-refractivity contribution in [2.45, 2.75) is 26.3 Å². The van der Waals surface area contributed by atoms with E-state index in [0.29, 0.717) is 17.8 Å². The van der Waals surface area contributed by atoms with Gasteiger partial charge in [0.2, 0.25) is 5.78 Å². The Morgan fingerprint density at radius 2 is 1.93 bits per heavy atom. The van der Waals surface area contributed by atoms with E-state index in [-0.39, 0.29) is 11.1 Å². The molecule has 0 saturated heterocycles. The molecule has 1 aliphatic rings. The first-order valence-electron chi connectivity index (χ1n) is 9.78. The zero-order valence-corrected chi connectivity index (χ0v) is 17.4. The number of ketones is 1. The predicted octanol–water partition coefficient (Wildman–Crippen LogP) is 4.20. The topological polar surface area (TPSA) is 60.9 Å². The van der Waals surface area contributed by atoms with Gasteiger partial charge in [0, 0.05) is 12.1 Å². The van der Waals surface area contributed by atoms with Crippen LogP contribution in [0.2, 0.25) is 0 Å². The molecule has 1 atom stereocenters. The molecule has 5 nitrogen and oxygen atoms in total. The van der Waals surface area contributed by atoms with Crippen molar-refractivity contribution in [3.63, 3.8) is 0 Å². The maximum Gasteiger partial charge on any atom is 0.290 e. The fraction of sp³-hybridized carbons (Fsp3) is 0.364. The maximum atomic E-state index is 14.6. The second-order valence-corrected chi connectivity index (χ2v) is 7.82. The maximum absolute atomic E-state index is 14.6. The van der Waals surface area contributed by atoms with Gasteiger partial charge in [0.15, 0.2) is 5.76 Å². The largest absolute Gasteiger partial charge is 0.503 e. The van der Waals surface area contributed by atoms with Gasteiger partial charge in [-0.15, -0.1) is 11.3 Å². The van der Waals surface area contributed by atoms with Gasteiger partial charge < -0.3 is 14.9 Å². The molecule has 0 aliphatic carbocycles. The standard InChI is InChI=1S/C22H25FN2O3S/c1-3-24(4-2)12-8-13-25-19(15-9-5-6-10-16(15)23)18(21(27)22(25)28)20(26)17-11-7-14-29-17/h5-7,9-11,14,19,27H,3-4,8,12-13H2,1-2H3/t19-/m0/s1. The summed E-state index contributed by atoms with van der Waals surface area (Å²) in [6.45, 7) is 7.02. The number of hydrogen-bond donors (Lipinski definition) is 1. The van der Waals surface area contributed by atoms with Gasteiger partial charge in [-0.1, -0.05) is 38.1 Å². The van der Waals surface area contributed by atoms with E-state index in [2.05, 4.69) is 18.7 Å². The first-order chi connectivity index (χ1) is 14.0. The second kappa shape index (κ2) is 9.33. The van der Waals surface area contributed by atoms with Crippen LogP contribution >= 0.6 is 11.3 Å². The minimum absolute atomic E-state index is 0.0506. The van der Waals surface area contributed by atoms with Gasteiger partial charge in [0.25, 0.3) is 5.91 Å². The summed E-state index contributed by atoms with van der Waals surface area (Å²) in [7, 11) is 0. The molecule has 1 amide bonds. The zero-order chi connectivity index (χ0) is 21.0. The van der Waals surface area contributed by atoms with Crippen LogP contribution < -0.4 is 0 Å². The van der Waals surface area contributed by atoms with E-state index in [4.69, 9.17) is 0 Å². The number of carbonyl (C=O) groups is 2. The highest BCUT2D eigenvalue weighted by Crippen LogP contribution is 2.40. The number of aliphatic hydroxyl groups excluding tert-OH is 1. The summed E-state index contributed by atoms with van der Waals surface area (Å²) in [5.74, 6) is -2.16. The summed E-state index contributed by atoms with van der Waals surface area (Å²) in [6.07, 6.45) is 0.659. The monoisotopic (exact) mass is 416 g/mol. The van der Waals surface area contributed by atoms with Crippen LogP contribution in [0.5, 0.6) is 0 Å². The van der Waals surface area contributed by atoms with E-state index < -0.39 is 29.3 Å². The molecule has 0 spiro atoms. The lowest BCUT2D eigenvalue weighted by atomic mass is 9.95. The van der Waals surface area contributed by atoms with Crippen molar-refractivity contribution >= 4 is 23.0 Å². The van der Waals surface area contributed by atoms with E-state index in [1.54, 1.807) is 35.7 Å². The Morgan fingerprint density at radius 3 is 2.55 bits per heavy atom. The summed E-state index contributed by atoms with van der Waals surface area (Å²) in [6, 6.07) is 8.52. The Bertz CT molecular complexity index is 907. The number of rotatable bonds is 9. The van der Waals surface area contributed by atoms with Gasteiger partial charge in [-0.05, 0) is 43.6 Å². The average Bonchev–Trinajstić information content (AvgIpc) is 3.34. The molecule has 0 saturated carbocycles. The number of amides is 1. The molecule has 0 unspecified atom stereocenters. The van der Waals surface area contributed by atoms with Crippen molar-refractivity contribution in [1.29, 1.82) is 0 Å². The number of halogens is 1. The Hall–Kier alpha value is -2.51. The molecule has 1 aromatic heterocycles. The molecule has 3 rings (SSSR count). The molecule has 1 N–H and O–H groups in total. The third-order valence-corrected chi connectivity index (χ3v) is 6.13. The summed E-state index contributed by atoms with van der Waals surface area (Å²) < 4.78 is 14.6. The Balaban J connectivity index is 1.95. The van der Waals surface area contributed by atoms with E-state index in [9.17, 15) is 19.1 Å². The van der Waals surface area contributed by atoms with Crippen molar-refractivity contribution in [2.75, 3.05) is 26.2 Å². The molecule has 0 radical (unpaired) electrons. The molecule has 0 fully saturated rings. The van der Waals surface area contributed by atoms with Crippen molar-refractivity contribution in [1.82, 2.24) is 9.80 Å². The summed E-state index contributed by atoms with van der Waals surface area (Å²) in [5.41, 5.74) is 0.165. The molecule has 1 aliphatic heterocycles. The van der Waals surface area contributed by atoms with E-state index >= 15 is 0 Å². The molecular formula is C22H25FN2O3S. The van der Waals surface area contributed by atoms with Crippen molar-refractivity contribution < 1.29 is 19.1 Å². The van der Waals surface area contributed by atoms with Crippen LogP contribution in [0, 0.1) is 5.82 Å². The van der Waals surface area contributed by atoms with Gasteiger partial charge in [0.1, 0.15) is 5.82 Å². The third kappa shape index (κ3) is 4.26. The lowest BCUT2D eigenvalue weighted by Gasteiger charge is -2.28. The minimum Gasteiger partial charge on any atom is -0.503 e. The van der Waals surface area contributed by atoms with Crippen LogP contribution in [-0.4, -0.2) is 52.8 Å². The molecule has 29 heavy (non-hydrogen) atoms. The van der Waals surface area contributed by atoms with Crippen molar-refractivity contribution in [3.8, 4) is 0 Å². The van der Waals surface area contributed by atoms with E-state index in [0.717, 1.165) is 19.6 Å². The van der Waals surface area contributed by atoms with Crippen LogP contribution in [0.4, 0.5) is 4.39 Å². The second-order valence-electron chi connectivity index (χ2n) is 6.87. The molecule has 7 heteroatoms. The lowest BCUT2D eigenvalue weighted by Crippen LogP contribution is -2.34. The Morgan fingerprint density at radius 1 is 1.21 bits per heavy atom. The number of benzene rings is 1. The zero-order valence-electron chi connectivity index (χ0n) is 16.6. The SMILES string of the molecule is CCN(CC)CCCN1C(=O)C(O)=C(C(=O)c2cccs2)[C@@H]1c1ccccc1F. The quantitative estimate of drug-likeness (QED) is 0.623. The fourth-order valence-electron chi connectivity index (χ4n) is 3.68. The smallest absolute Gasteiger partial charge is 0.290 e. The average molecular weight is 417 g/mol. The summed E-state index contributed by atoms with van der Waals surface area (Å²) in [4.78, 5) is 29.9. The van der Waals surface area contributed by atoms with Gasteiger partial charge in [-0.3, -0.25) is 9.59 Å². The highest BCUT2D eigenvalue weighted by molar-refractivity contribution is 7.12. The molecule has 1 aromatic carbocycles. The first kappa shape index (κ1) is 21.2. The number of hydrogen-bond acceptors (Lipinski definition) is 5. The van der Waals surface area contributed by atoms with Gasteiger partial charge in [-0.2, -0.15) is 0 Å². The molecular weight excluding hydrogens is 391 g/mol. The Labute approximate surface area is 174 Å². The number of Topliss-reactive ketones (excluding diaryl/α,β-unsaturated/α-hetero) is 1. The minimum atomic E-state index is -0.935. The fourth-order valence-corrected chi connectivity index (χ4v) is 4.36. The molecule has 2 heterocycles. The molecule has 154 valence electrons. The summed E-state index contributed by atoms with van der Waals surface area (Å²) >= 11 is 1.23. The highest BCUT2D eigenvalue weighted by Gasteiger charge is 2.44. The van der Waals surface area contributed by atoms with Crippen LogP contribution in [0.15, 0.2) is 53.1 Å². The van der Waals surface area contributed by atoms with Crippen LogP contribution in [0.3, 0.4) is 0 Å². The van der Waals surface area contributed by atoms with Crippen LogP contribution in [0.25, 0.3) is 0 Å². The number of nitrogens with zero attached hydrogens (tertiary/aromatic N) is 2. The van der Waals surface area contributed by atoms with E-state index in [1.807, 2.05) is 0 Å².